The van der Waals surface area contributed by atoms with Gasteiger partial charge in [-0.25, -0.2) is 4.68 Å². The molecule has 0 spiro atoms. The second-order valence-electron chi connectivity index (χ2n) is 3.30. The molecule has 1 heterocycles. The Hall–Kier alpha value is -2.37. The number of nitro benzene ring substituents is 1. The van der Waals surface area contributed by atoms with Gasteiger partial charge in [-0.3, -0.25) is 10.1 Å². The second-order valence-corrected chi connectivity index (χ2v) is 3.30. The highest BCUT2D eigenvalue weighted by Crippen LogP contribution is 2.19. The van der Waals surface area contributed by atoms with E-state index in [9.17, 15) is 10.1 Å². The van der Waals surface area contributed by atoms with E-state index in [1.54, 1.807) is 30.5 Å². The number of nitrogens with two attached hydrogens (primary N) is 1. The number of nitro groups is 1. The van der Waals surface area contributed by atoms with Crippen molar-refractivity contribution in [2.24, 2.45) is 0 Å². The van der Waals surface area contributed by atoms with E-state index >= 15 is 0 Å². The van der Waals surface area contributed by atoms with Gasteiger partial charge in [0.05, 0.1) is 23.2 Å². The summed E-state index contributed by atoms with van der Waals surface area (Å²) in [4.78, 5) is 10.4. The van der Waals surface area contributed by atoms with Crippen molar-refractivity contribution in [2.75, 3.05) is 5.73 Å². The van der Waals surface area contributed by atoms with Gasteiger partial charge in [-0.2, -0.15) is 5.10 Å². The first kappa shape index (κ1) is 10.2. The molecule has 0 aliphatic heterocycles. The Morgan fingerprint density at radius 3 is 2.75 bits per heavy atom. The van der Waals surface area contributed by atoms with Crippen molar-refractivity contribution in [2.45, 2.75) is 6.54 Å². The summed E-state index contributed by atoms with van der Waals surface area (Å²) in [7, 11) is 0. The van der Waals surface area contributed by atoms with Crippen molar-refractivity contribution in [3.05, 3.63) is 52.2 Å². The van der Waals surface area contributed by atoms with Gasteiger partial charge < -0.3 is 5.73 Å². The molecule has 6 nitrogen and oxygen atoms in total. The van der Waals surface area contributed by atoms with Crippen LogP contribution in [0.4, 0.5) is 11.5 Å². The molecule has 16 heavy (non-hydrogen) atoms. The highest BCUT2D eigenvalue weighted by atomic mass is 16.6. The van der Waals surface area contributed by atoms with Crippen LogP contribution in [0.15, 0.2) is 36.5 Å². The van der Waals surface area contributed by atoms with E-state index in [4.69, 9.17) is 5.73 Å². The molecule has 2 aromatic rings. The summed E-state index contributed by atoms with van der Waals surface area (Å²) in [6.07, 6.45) is 1.56. The summed E-state index contributed by atoms with van der Waals surface area (Å²) in [5.74, 6) is 0.484. The molecule has 0 fully saturated rings. The Bertz CT molecular complexity index is 521. The van der Waals surface area contributed by atoms with Crippen LogP contribution in [0.1, 0.15) is 5.56 Å². The maximum atomic E-state index is 10.8. The summed E-state index contributed by atoms with van der Waals surface area (Å²) < 4.78 is 1.52. The number of anilines is 1. The molecule has 0 bridgehead atoms. The number of rotatable bonds is 3. The van der Waals surface area contributed by atoms with E-state index in [2.05, 4.69) is 5.10 Å². The number of para-hydroxylation sites is 1. The Morgan fingerprint density at radius 2 is 2.12 bits per heavy atom. The zero-order chi connectivity index (χ0) is 11.5. The molecule has 1 aromatic heterocycles. The Balaban J connectivity index is 2.35. The van der Waals surface area contributed by atoms with E-state index in [1.165, 1.54) is 10.7 Å². The number of hydrogen-bond donors (Lipinski definition) is 1. The van der Waals surface area contributed by atoms with Crippen LogP contribution in [0.25, 0.3) is 0 Å². The van der Waals surface area contributed by atoms with Gasteiger partial charge in [-0.05, 0) is 6.07 Å². The zero-order valence-electron chi connectivity index (χ0n) is 8.41. The van der Waals surface area contributed by atoms with Gasteiger partial charge in [-0.1, -0.05) is 18.2 Å². The van der Waals surface area contributed by atoms with Gasteiger partial charge in [-0.15, -0.1) is 0 Å². The third kappa shape index (κ3) is 1.85. The van der Waals surface area contributed by atoms with Crippen molar-refractivity contribution < 1.29 is 4.92 Å². The average Bonchev–Trinajstić information content (AvgIpc) is 2.65. The monoisotopic (exact) mass is 218 g/mol. The molecule has 0 atom stereocenters. The van der Waals surface area contributed by atoms with Crippen molar-refractivity contribution in [1.29, 1.82) is 0 Å². The van der Waals surface area contributed by atoms with Crippen molar-refractivity contribution in [3.8, 4) is 0 Å². The molecule has 0 unspecified atom stereocenters. The van der Waals surface area contributed by atoms with Crippen LogP contribution in [0.5, 0.6) is 0 Å². The predicted molar refractivity (Wildman–Crippen MR) is 58.8 cm³/mol. The van der Waals surface area contributed by atoms with Gasteiger partial charge in [0.1, 0.15) is 5.82 Å². The first-order valence-electron chi connectivity index (χ1n) is 4.68. The fourth-order valence-corrected chi connectivity index (χ4v) is 1.46. The summed E-state index contributed by atoms with van der Waals surface area (Å²) in [6, 6.07) is 8.19. The topological polar surface area (TPSA) is 87.0 Å². The summed E-state index contributed by atoms with van der Waals surface area (Å²) in [5.41, 5.74) is 6.31. The van der Waals surface area contributed by atoms with Crippen LogP contribution in [-0.2, 0) is 6.54 Å². The lowest BCUT2D eigenvalue weighted by Gasteiger charge is -2.04. The van der Waals surface area contributed by atoms with E-state index in [1.807, 2.05) is 0 Å². The largest absolute Gasteiger partial charge is 0.384 e. The van der Waals surface area contributed by atoms with Crippen molar-refractivity contribution in [3.63, 3.8) is 0 Å². The van der Waals surface area contributed by atoms with E-state index in [0.29, 0.717) is 17.9 Å². The Morgan fingerprint density at radius 1 is 1.38 bits per heavy atom. The van der Waals surface area contributed by atoms with Crippen LogP contribution in [0.2, 0.25) is 0 Å². The molecule has 0 saturated carbocycles. The maximum absolute atomic E-state index is 10.8. The molecule has 0 aliphatic carbocycles. The minimum Gasteiger partial charge on any atom is -0.384 e. The first-order valence-corrected chi connectivity index (χ1v) is 4.68. The summed E-state index contributed by atoms with van der Waals surface area (Å²) >= 11 is 0. The predicted octanol–water partition coefficient (Wildman–Crippen LogP) is 1.42. The number of nitrogen functional groups attached to an aromatic ring is 1. The van der Waals surface area contributed by atoms with Crippen LogP contribution >= 0.6 is 0 Å². The molecule has 1 aromatic carbocycles. The first-order chi connectivity index (χ1) is 7.68. The Labute approximate surface area is 91.5 Å². The summed E-state index contributed by atoms with van der Waals surface area (Å²) in [6.45, 7) is 0.302. The van der Waals surface area contributed by atoms with Crippen LogP contribution in [0.3, 0.4) is 0 Å². The quantitative estimate of drug-likeness (QED) is 0.623. The van der Waals surface area contributed by atoms with Gasteiger partial charge in [0, 0.05) is 6.07 Å². The lowest BCUT2D eigenvalue weighted by atomic mass is 10.2. The fourth-order valence-electron chi connectivity index (χ4n) is 1.46. The molecule has 0 radical (unpaired) electrons. The molecule has 0 aliphatic rings. The Kier molecular flexibility index (Phi) is 2.55. The van der Waals surface area contributed by atoms with Gasteiger partial charge >= 0.3 is 0 Å². The molecule has 82 valence electrons. The van der Waals surface area contributed by atoms with Gasteiger partial charge in [0.2, 0.25) is 0 Å². The molecule has 0 saturated heterocycles. The molecule has 2 rings (SSSR count). The molecular weight excluding hydrogens is 208 g/mol. The maximum Gasteiger partial charge on any atom is 0.274 e. The van der Waals surface area contributed by atoms with Crippen molar-refractivity contribution in [1.82, 2.24) is 9.78 Å². The minimum atomic E-state index is -0.408. The van der Waals surface area contributed by atoms with Crippen LogP contribution in [-0.4, -0.2) is 14.7 Å². The van der Waals surface area contributed by atoms with Crippen LogP contribution in [0, 0.1) is 10.1 Å². The summed E-state index contributed by atoms with van der Waals surface area (Å²) in [5, 5.41) is 14.8. The van der Waals surface area contributed by atoms with Gasteiger partial charge in [0.25, 0.3) is 5.69 Å². The third-order valence-electron chi connectivity index (χ3n) is 2.26. The van der Waals surface area contributed by atoms with Crippen LogP contribution < -0.4 is 5.73 Å². The molecule has 6 heteroatoms. The standard InChI is InChI=1S/C10H10N4O2/c11-10-5-6-12-13(10)7-8-3-1-2-4-9(8)14(15)16/h1-6H,7,11H2. The lowest BCUT2D eigenvalue weighted by molar-refractivity contribution is -0.385. The third-order valence-corrected chi connectivity index (χ3v) is 2.26. The fraction of sp³-hybridized carbons (Fsp3) is 0.100. The molecule has 2 N–H and O–H groups in total. The molecule has 0 amide bonds. The normalized spacial score (nSPS) is 10.2. The second kappa shape index (κ2) is 4.01. The van der Waals surface area contributed by atoms with E-state index in [0.717, 1.165) is 0 Å². The van der Waals surface area contributed by atoms with Gasteiger partial charge in [0.15, 0.2) is 0 Å². The van der Waals surface area contributed by atoms with E-state index < -0.39 is 4.92 Å². The number of hydrogen-bond acceptors (Lipinski definition) is 4. The SMILES string of the molecule is Nc1ccnn1Cc1ccccc1[N+](=O)[O-]. The lowest BCUT2D eigenvalue weighted by Crippen LogP contribution is -2.07. The molecular formula is C10H10N4O2. The number of aromatic nitrogens is 2. The number of nitrogens with zero attached hydrogens (tertiary/aromatic N) is 3. The highest BCUT2D eigenvalue weighted by molar-refractivity contribution is 5.40. The average molecular weight is 218 g/mol. The minimum absolute atomic E-state index is 0.0809. The number of benzene rings is 1. The zero-order valence-corrected chi connectivity index (χ0v) is 8.41. The van der Waals surface area contributed by atoms with Crippen molar-refractivity contribution >= 4 is 11.5 Å². The smallest absolute Gasteiger partial charge is 0.274 e. The van der Waals surface area contributed by atoms with E-state index in [-0.39, 0.29) is 5.69 Å². The highest BCUT2D eigenvalue weighted by Gasteiger charge is 2.13.